The van der Waals surface area contributed by atoms with E-state index in [2.05, 4.69) is 5.32 Å². The van der Waals surface area contributed by atoms with Gasteiger partial charge in [0.1, 0.15) is 5.75 Å². The predicted octanol–water partition coefficient (Wildman–Crippen LogP) is 4.25. The standard InChI is InChI=1S/C19H16ClNO2/c1-13-6-7-14-11-15(8-9-23-18(14)10-13)19(22)21-12-16-4-2-3-5-17(16)20/h2-11H,12H2,1H3,(H,21,22). The van der Waals surface area contributed by atoms with Gasteiger partial charge >= 0.3 is 0 Å². The van der Waals surface area contributed by atoms with E-state index in [1.165, 1.54) is 6.26 Å². The topological polar surface area (TPSA) is 38.3 Å². The van der Waals surface area contributed by atoms with Gasteiger partial charge in [-0.3, -0.25) is 4.79 Å². The van der Waals surface area contributed by atoms with Crippen molar-refractivity contribution in [1.82, 2.24) is 5.32 Å². The minimum absolute atomic E-state index is 0.168. The number of halogens is 1. The van der Waals surface area contributed by atoms with Gasteiger partial charge in [-0.15, -0.1) is 0 Å². The second-order valence-electron chi connectivity index (χ2n) is 5.34. The van der Waals surface area contributed by atoms with Crippen LogP contribution >= 0.6 is 11.6 Å². The monoisotopic (exact) mass is 325 g/mol. The molecule has 0 bridgehead atoms. The van der Waals surface area contributed by atoms with Crippen LogP contribution < -0.4 is 10.1 Å². The highest BCUT2D eigenvalue weighted by Gasteiger charge is 2.12. The Hall–Kier alpha value is -2.52. The Labute approximate surface area is 140 Å². The zero-order valence-corrected chi connectivity index (χ0v) is 13.4. The molecule has 0 unspecified atom stereocenters. The van der Waals surface area contributed by atoms with Crippen LogP contribution in [0.15, 0.2) is 60.4 Å². The third kappa shape index (κ3) is 3.63. The lowest BCUT2D eigenvalue weighted by atomic mass is 10.1. The summed E-state index contributed by atoms with van der Waals surface area (Å²) < 4.78 is 5.56. The summed E-state index contributed by atoms with van der Waals surface area (Å²) >= 11 is 6.10. The summed E-state index contributed by atoms with van der Waals surface area (Å²) in [5, 5.41) is 3.52. The number of carbonyl (C=O) groups excluding carboxylic acids is 1. The van der Waals surface area contributed by atoms with Crippen LogP contribution in [0.4, 0.5) is 0 Å². The molecule has 116 valence electrons. The van der Waals surface area contributed by atoms with E-state index in [1.54, 1.807) is 12.1 Å². The first kappa shape index (κ1) is 15.4. The lowest BCUT2D eigenvalue weighted by Crippen LogP contribution is -2.23. The molecule has 2 aromatic rings. The van der Waals surface area contributed by atoms with E-state index in [0.717, 1.165) is 22.4 Å². The summed E-state index contributed by atoms with van der Waals surface area (Å²) in [4.78, 5) is 12.4. The molecule has 1 N–H and O–H groups in total. The molecule has 1 heterocycles. The molecule has 0 saturated carbocycles. The zero-order chi connectivity index (χ0) is 16.2. The smallest absolute Gasteiger partial charge is 0.251 e. The predicted molar refractivity (Wildman–Crippen MR) is 92.2 cm³/mol. The van der Waals surface area contributed by atoms with Gasteiger partial charge in [-0.25, -0.2) is 0 Å². The number of amides is 1. The van der Waals surface area contributed by atoms with E-state index in [0.29, 0.717) is 17.1 Å². The fraction of sp³-hybridized carbons (Fsp3) is 0.105. The Morgan fingerprint density at radius 3 is 2.87 bits per heavy atom. The highest BCUT2D eigenvalue weighted by Crippen LogP contribution is 2.26. The first-order valence-electron chi connectivity index (χ1n) is 7.30. The number of carbonyl (C=O) groups is 1. The van der Waals surface area contributed by atoms with Crippen LogP contribution in [0.3, 0.4) is 0 Å². The molecule has 3 rings (SSSR count). The molecule has 1 aliphatic heterocycles. The van der Waals surface area contributed by atoms with Crippen molar-refractivity contribution in [3.63, 3.8) is 0 Å². The molecule has 0 radical (unpaired) electrons. The normalized spacial score (nSPS) is 12.7. The number of nitrogens with one attached hydrogen (secondary N) is 1. The van der Waals surface area contributed by atoms with Crippen LogP contribution in [-0.2, 0) is 11.3 Å². The minimum atomic E-state index is -0.168. The summed E-state index contributed by atoms with van der Waals surface area (Å²) in [6.45, 7) is 2.38. The highest BCUT2D eigenvalue weighted by atomic mass is 35.5. The molecule has 0 spiro atoms. The maximum Gasteiger partial charge on any atom is 0.251 e. The molecule has 0 aromatic heterocycles. The largest absolute Gasteiger partial charge is 0.464 e. The second kappa shape index (κ2) is 6.71. The van der Waals surface area contributed by atoms with Gasteiger partial charge in [0.25, 0.3) is 5.91 Å². The maximum atomic E-state index is 12.4. The van der Waals surface area contributed by atoms with Crippen LogP contribution in [0, 0.1) is 6.92 Å². The van der Waals surface area contributed by atoms with E-state index in [9.17, 15) is 4.79 Å². The van der Waals surface area contributed by atoms with Gasteiger partial charge in [-0.05, 0) is 42.3 Å². The maximum absolute atomic E-state index is 12.4. The lowest BCUT2D eigenvalue weighted by molar-refractivity contribution is -0.117. The highest BCUT2D eigenvalue weighted by molar-refractivity contribution is 6.31. The van der Waals surface area contributed by atoms with Crippen LogP contribution in [0.25, 0.3) is 6.08 Å². The average Bonchev–Trinajstić information content (AvgIpc) is 2.75. The molecule has 1 aliphatic rings. The molecule has 1 amide bonds. The summed E-state index contributed by atoms with van der Waals surface area (Å²) in [7, 11) is 0. The van der Waals surface area contributed by atoms with Crippen molar-refractivity contribution in [2.45, 2.75) is 13.5 Å². The fourth-order valence-electron chi connectivity index (χ4n) is 2.32. The van der Waals surface area contributed by atoms with Crippen molar-refractivity contribution in [3.05, 3.63) is 82.1 Å². The van der Waals surface area contributed by atoms with Crippen LogP contribution in [-0.4, -0.2) is 5.91 Å². The number of aryl methyl sites for hydroxylation is 1. The van der Waals surface area contributed by atoms with Crippen molar-refractivity contribution in [1.29, 1.82) is 0 Å². The van der Waals surface area contributed by atoms with Gasteiger partial charge in [-0.1, -0.05) is 41.9 Å². The van der Waals surface area contributed by atoms with Gasteiger partial charge in [0.15, 0.2) is 0 Å². The Kier molecular flexibility index (Phi) is 4.49. The Balaban J connectivity index is 1.77. The van der Waals surface area contributed by atoms with Crippen LogP contribution in [0.1, 0.15) is 16.7 Å². The van der Waals surface area contributed by atoms with Crippen molar-refractivity contribution < 1.29 is 9.53 Å². The molecule has 0 saturated heterocycles. The molecule has 23 heavy (non-hydrogen) atoms. The zero-order valence-electron chi connectivity index (χ0n) is 12.7. The van der Waals surface area contributed by atoms with E-state index in [-0.39, 0.29) is 5.91 Å². The third-order valence-corrected chi connectivity index (χ3v) is 3.95. The molecular formula is C19H16ClNO2. The van der Waals surface area contributed by atoms with E-state index < -0.39 is 0 Å². The molecule has 3 nitrogen and oxygen atoms in total. The van der Waals surface area contributed by atoms with Crippen LogP contribution in [0.2, 0.25) is 5.02 Å². The lowest BCUT2D eigenvalue weighted by Gasteiger charge is -2.07. The summed E-state index contributed by atoms with van der Waals surface area (Å²) in [5.74, 6) is 0.577. The first-order valence-corrected chi connectivity index (χ1v) is 7.68. The summed E-state index contributed by atoms with van der Waals surface area (Å²) in [5.41, 5.74) is 3.41. The van der Waals surface area contributed by atoms with E-state index in [1.807, 2.05) is 49.4 Å². The van der Waals surface area contributed by atoms with Gasteiger partial charge in [0.2, 0.25) is 0 Å². The van der Waals surface area contributed by atoms with Crippen molar-refractivity contribution in [2.24, 2.45) is 0 Å². The number of hydrogen-bond donors (Lipinski definition) is 1. The fourth-order valence-corrected chi connectivity index (χ4v) is 2.52. The first-order chi connectivity index (χ1) is 11.1. The molecule has 0 fully saturated rings. The Morgan fingerprint density at radius 1 is 1.22 bits per heavy atom. The number of rotatable bonds is 3. The summed E-state index contributed by atoms with van der Waals surface area (Å²) in [6, 6.07) is 13.3. The van der Waals surface area contributed by atoms with E-state index in [4.69, 9.17) is 16.3 Å². The van der Waals surface area contributed by atoms with Crippen LogP contribution in [0.5, 0.6) is 5.75 Å². The number of fused-ring (bicyclic) bond motifs is 1. The minimum Gasteiger partial charge on any atom is -0.464 e. The molecule has 2 aromatic carbocycles. The average molecular weight is 326 g/mol. The molecular weight excluding hydrogens is 310 g/mol. The quantitative estimate of drug-likeness (QED) is 0.916. The molecule has 0 aliphatic carbocycles. The second-order valence-corrected chi connectivity index (χ2v) is 5.74. The number of ether oxygens (including phenoxy) is 1. The summed E-state index contributed by atoms with van der Waals surface area (Å²) in [6.07, 6.45) is 5.02. The number of hydrogen-bond acceptors (Lipinski definition) is 2. The number of benzene rings is 2. The van der Waals surface area contributed by atoms with Gasteiger partial charge in [0, 0.05) is 22.7 Å². The van der Waals surface area contributed by atoms with Crippen molar-refractivity contribution in [3.8, 4) is 5.75 Å². The van der Waals surface area contributed by atoms with Crippen molar-refractivity contribution in [2.75, 3.05) is 0 Å². The van der Waals surface area contributed by atoms with Gasteiger partial charge < -0.3 is 10.1 Å². The van der Waals surface area contributed by atoms with E-state index >= 15 is 0 Å². The van der Waals surface area contributed by atoms with Crippen molar-refractivity contribution >= 4 is 23.6 Å². The van der Waals surface area contributed by atoms with Gasteiger partial charge in [0.05, 0.1) is 6.26 Å². The third-order valence-electron chi connectivity index (χ3n) is 3.58. The molecule has 0 atom stereocenters. The van der Waals surface area contributed by atoms with Gasteiger partial charge in [-0.2, -0.15) is 0 Å². The Bertz CT molecular complexity index is 809. The molecule has 4 heteroatoms. The Morgan fingerprint density at radius 2 is 2.04 bits per heavy atom. The SMILES string of the molecule is Cc1ccc2c(c1)OC=CC(C(=O)NCc1ccccc1Cl)=C2.